The van der Waals surface area contributed by atoms with E-state index >= 15 is 0 Å². The number of rotatable bonds is 12. The molecule has 0 aromatic carbocycles. The molecule has 3 aliphatic heterocycles. The largest absolute Gasteiger partial charge is 0.498 e. The van der Waals surface area contributed by atoms with E-state index in [-0.39, 0.29) is 17.7 Å². The topological polar surface area (TPSA) is 96.2 Å². The number of allylic oxidation sites excluding steroid dienone is 3. The van der Waals surface area contributed by atoms with Crippen LogP contribution in [0.5, 0.6) is 0 Å². The smallest absolute Gasteiger partial charge is 0.236 e. The van der Waals surface area contributed by atoms with Crippen molar-refractivity contribution in [3.8, 4) is 0 Å². The molecule has 3 atom stereocenters. The van der Waals surface area contributed by atoms with Crippen molar-refractivity contribution in [3.05, 3.63) is 23.5 Å². The summed E-state index contributed by atoms with van der Waals surface area (Å²) in [6.07, 6.45) is 11.9. The van der Waals surface area contributed by atoms with E-state index in [1.54, 1.807) is 4.31 Å². The van der Waals surface area contributed by atoms with E-state index in [4.69, 9.17) is 10.5 Å². The fourth-order valence-corrected chi connectivity index (χ4v) is 7.60. The molecule has 1 amide bonds. The maximum absolute atomic E-state index is 13.3. The van der Waals surface area contributed by atoms with Gasteiger partial charge in [-0.15, -0.1) is 0 Å². The molecule has 0 spiro atoms. The summed E-state index contributed by atoms with van der Waals surface area (Å²) in [7, 11) is -3.10. The molecule has 8 nitrogen and oxygen atoms in total. The number of hydrogen-bond donors (Lipinski definition) is 1. The lowest BCUT2D eigenvalue weighted by molar-refractivity contribution is -0.132. The van der Waals surface area contributed by atoms with Crippen LogP contribution in [0.25, 0.3) is 0 Å². The molecule has 9 heteroatoms. The SMILES string of the molecule is CCCCN(CCCN)C(=O)CN1C[C@H](C2=CC=C3OCCC3C2)C[C@@H]1CCN1CCCS1(=O)=O. The van der Waals surface area contributed by atoms with Crippen molar-refractivity contribution >= 4 is 15.9 Å². The number of carbonyl (C=O) groups excluding carboxylic acids is 1. The second-order valence-corrected chi connectivity index (χ2v) is 12.7. The van der Waals surface area contributed by atoms with E-state index in [0.29, 0.717) is 44.6 Å². The number of ether oxygens (including phenoxy) is 1. The van der Waals surface area contributed by atoms with Crippen LogP contribution < -0.4 is 5.73 Å². The minimum absolute atomic E-state index is 0.176. The predicted octanol–water partition coefficient (Wildman–Crippen LogP) is 2.33. The van der Waals surface area contributed by atoms with Crippen LogP contribution in [-0.4, -0.2) is 92.6 Å². The molecule has 0 bridgehead atoms. The average Bonchev–Trinajstić information content (AvgIpc) is 3.55. The molecule has 0 radical (unpaired) electrons. The Balaban J connectivity index is 1.43. The Bertz CT molecular complexity index is 895. The molecular weight excluding hydrogens is 464 g/mol. The third kappa shape index (κ3) is 6.67. The number of nitrogens with two attached hydrogens (primary N) is 1. The van der Waals surface area contributed by atoms with Gasteiger partial charge < -0.3 is 15.4 Å². The minimum Gasteiger partial charge on any atom is -0.498 e. The quantitative estimate of drug-likeness (QED) is 0.435. The van der Waals surface area contributed by atoms with Gasteiger partial charge in [-0.2, -0.15) is 0 Å². The molecule has 1 unspecified atom stereocenters. The summed E-state index contributed by atoms with van der Waals surface area (Å²) in [6.45, 7) is 7.49. The van der Waals surface area contributed by atoms with Gasteiger partial charge in [-0.05, 0) is 63.5 Å². The molecule has 2 N–H and O–H groups in total. The Hall–Kier alpha value is -1.42. The predicted molar refractivity (Wildman–Crippen MR) is 138 cm³/mol. The van der Waals surface area contributed by atoms with Crippen LogP contribution >= 0.6 is 0 Å². The zero-order valence-corrected chi connectivity index (χ0v) is 22.2. The van der Waals surface area contributed by atoms with Gasteiger partial charge in [-0.3, -0.25) is 9.69 Å². The lowest BCUT2D eigenvalue weighted by atomic mass is 9.83. The Labute approximate surface area is 211 Å². The van der Waals surface area contributed by atoms with Crippen LogP contribution in [0.15, 0.2) is 23.5 Å². The van der Waals surface area contributed by atoms with Gasteiger partial charge in [0.25, 0.3) is 0 Å². The zero-order valence-electron chi connectivity index (χ0n) is 21.4. The Morgan fingerprint density at radius 1 is 1.23 bits per heavy atom. The number of likely N-dealkylation sites (tertiary alicyclic amines) is 1. The molecule has 0 aromatic heterocycles. The molecule has 4 rings (SSSR count). The van der Waals surface area contributed by atoms with Crippen LogP contribution in [0.4, 0.5) is 0 Å². The molecule has 1 aliphatic carbocycles. The van der Waals surface area contributed by atoms with Crippen molar-refractivity contribution < 1.29 is 17.9 Å². The Kier molecular flexibility index (Phi) is 9.29. The first kappa shape index (κ1) is 26.6. The zero-order chi connectivity index (χ0) is 24.8. The second-order valence-electron chi connectivity index (χ2n) is 10.6. The first-order valence-corrected chi connectivity index (χ1v) is 15.2. The van der Waals surface area contributed by atoms with Gasteiger partial charge in [0.05, 0.1) is 24.7 Å². The summed E-state index contributed by atoms with van der Waals surface area (Å²) >= 11 is 0. The fraction of sp³-hybridized carbons (Fsp3) is 0.808. The third-order valence-corrected chi connectivity index (χ3v) is 10.1. The molecule has 3 fully saturated rings. The molecule has 3 saturated heterocycles. The number of hydrogen-bond acceptors (Lipinski definition) is 6. The fourth-order valence-electron chi connectivity index (χ4n) is 6.06. The number of nitrogens with zero attached hydrogens (tertiary/aromatic N) is 3. The summed E-state index contributed by atoms with van der Waals surface area (Å²) in [6, 6.07) is 0.216. The maximum atomic E-state index is 13.3. The summed E-state index contributed by atoms with van der Waals surface area (Å²) < 4.78 is 32.1. The van der Waals surface area contributed by atoms with Crippen molar-refractivity contribution in [2.24, 2.45) is 17.6 Å². The van der Waals surface area contributed by atoms with Crippen molar-refractivity contribution in [3.63, 3.8) is 0 Å². The highest BCUT2D eigenvalue weighted by Gasteiger charge is 2.38. The lowest BCUT2D eigenvalue weighted by Gasteiger charge is -2.29. The average molecular weight is 509 g/mol. The molecule has 3 heterocycles. The Morgan fingerprint density at radius 3 is 2.80 bits per heavy atom. The van der Waals surface area contributed by atoms with E-state index in [0.717, 1.165) is 76.8 Å². The van der Waals surface area contributed by atoms with Gasteiger partial charge >= 0.3 is 0 Å². The van der Waals surface area contributed by atoms with Crippen molar-refractivity contribution in [1.82, 2.24) is 14.1 Å². The van der Waals surface area contributed by atoms with Gasteiger partial charge in [0.15, 0.2) is 0 Å². The molecule has 198 valence electrons. The number of amides is 1. The highest BCUT2D eigenvalue weighted by molar-refractivity contribution is 7.89. The molecule has 0 saturated carbocycles. The van der Waals surface area contributed by atoms with Crippen molar-refractivity contribution in [1.29, 1.82) is 0 Å². The van der Waals surface area contributed by atoms with Crippen molar-refractivity contribution in [2.45, 2.75) is 64.3 Å². The van der Waals surface area contributed by atoms with E-state index in [2.05, 4.69) is 24.0 Å². The highest BCUT2D eigenvalue weighted by atomic mass is 32.2. The van der Waals surface area contributed by atoms with Gasteiger partial charge in [0, 0.05) is 44.7 Å². The van der Waals surface area contributed by atoms with Crippen LogP contribution in [0.1, 0.15) is 58.3 Å². The summed E-state index contributed by atoms with van der Waals surface area (Å²) in [4.78, 5) is 17.7. The summed E-state index contributed by atoms with van der Waals surface area (Å²) in [5.41, 5.74) is 7.19. The molecule has 0 aromatic rings. The highest BCUT2D eigenvalue weighted by Crippen LogP contribution is 2.40. The minimum atomic E-state index is -3.10. The molecule has 4 aliphatic rings. The standard InChI is InChI=1S/C26H44N4O4S/c1-2-3-11-28(12-4-10-27)26(31)20-29-19-23(21-6-7-25-22(17-21)9-15-34-25)18-24(29)8-14-30-13-5-16-35(30,32)33/h6-7,22-24H,2-5,8-20,27H2,1H3/t22?,23-,24+/m1/s1. The van der Waals surface area contributed by atoms with E-state index in [1.807, 2.05) is 4.90 Å². The second kappa shape index (κ2) is 12.2. The van der Waals surface area contributed by atoms with E-state index in [1.165, 1.54) is 5.57 Å². The van der Waals surface area contributed by atoms with E-state index < -0.39 is 10.0 Å². The van der Waals surface area contributed by atoms with Crippen LogP contribution in [0.2, 0.25) is 0 Å². The summed E-state index contributed by atoms with van der Waals surface area (Å²) in [5.74, 6) is 2.48. The number of fused-ring (bicyclic) bond motifs is 1. The van der Waals surface area contributed by atoms with Gasteiger partial charge in [-0.25, -0.2) is 12.7 Å². The number of sulfonamides is 1. The summed E-state index contributed by atoms with van der Waals surface area (Å²) in [5, 5.41) is 0. The van der Waals surface area contributed by atoms with Crippen LogP contribution in [0.3, 0.4) is 0 Å². The number of unbranched alkanes of at least 4 members (excludes halogenated alkanes) is 1. The lowest BCUT2D eigenvalue weighted by Crippen LogP contribution is -2.44. The first-order valence-electron chi connectivity index (χ1n) is 13.6. The van der Waals surface area contributed by atoms with Crippen LogP contribution in [-0.2, 0) is 19.6 Å². The van der Waals surface area contributed by atoms with E-state index in [9.17, 15) is 13.2 Å². The molecule has 35 heavy (non-hydrogen) atoms. The van der Waals surface area contributed by atoms with Crippen molar-refractivity contribution in [2.75, 3.05) is 58.2 Å². The Morgan fingerprint density at radius 2 is 2.06 bits per heavy atom. The first-order chi connectivity index (χ1) is 16.9. The van der Waals surface area contributed by atoms with Gasteiger partial charge in [0.1, 0.15) is 0 Å². The normalized spacial score (nSPS) is 28.5. The molecular formula is C26H44N4O4S. The van der Waals surface area contributed by atoms with Crippen LogP contribution in [0, 0.1) is 11.8 Å². The monoisotopic (exact) mass is 508 g/mol. The number of carbonyl (C=O) groups is 1. The van der Waals surface area contributed by atoms with Gasteiger partial charge in [-0.1, -0.05) is 25.0 Å². The van der Waals surface area contributed by atoms with Gasteiger partial charge in [0.2, 0.25) is 15.9 Å². The third-order valence-electron chi connectivity index (χ3n) is 8.15. The maximum Gasteiger partial charge on any atom is 0.236 e.